The summed E-state index contributed by atoms with van der Waals surface area (Å²) < 4.78 is 21.5. The average molecular weight is 466 g/mol. The van der Waals surface area contributed by atoms with Crippen LogP contribution in [0.5, 0.6) is 0 Å². The molecule has 32 heavy (non-hydrogen) atoms. The first kappa shape index (κ1) is 21.1. The smallest absolute Gasteiger partial charge is 0.266 e. The summed E-state index contributed by atoms with van der Waals surface area (Å²) in [5.41, 5.74) is 3.08. The van der Waals surface area contributed by atoms with Crippen LogP contribution < -0.4 is 0 Å². The second-order valence-electron chi connectivity index (χ2n) is 7.65. The van der Waals surface area contributed by atoms with E-state index in [1.165, 1.54) is 23.9 Å². The van der Waals surface area contributed by atoms with Crippen molar-refractivity contribution in [2.24, 2.45) is 0 Å². The standard InChI is InChI=1S/C24H20FN3O2S2/c25-18-10-8-16(9-11-18)22-17(14-28(26-22)19-5-2-1-3-6-19)13-21-23(29)27(24(31)32-21)15-20-7-4-12-30-20/h1-3,5-6,8-11,13-14,20H,4,7,12,15H2/b21-13-/t20-/m1/s1. The molecule has 0 bridgehead atoms. The molecule has 5 rings (SSSR count). The van der Waals surface area contributed by atoms with Crippen molar-refractivity contribution >= 4 is 40.3 Å². The number of halogens is 1. The third kappa shape index (κ3) is 4.26. The Morgan fingerprint density at radius 2 is 1.97 bits per heavy atom. The minimum atomic E-state index is -0.312. The predicted molar refractivity (Wildman–Crippen MR) is 128 cm³/mol. The predicted octanol–water partition coefficient (Wildman–Crippen LogP) is 5.06. The summed E-state index contributed by atoms with van der Waals surface area (Å²) in [5.74, 6) is -0.430. The number of thiocarbonyl (C=S) groups is 1. The van der Waals surface area contributed by atoms with Gasteiger partial charge in [0.2, 0.25) is 0 Å². The van der Waals surface area contributed by atoms with Gasteiger partial charge in [0.25, 0.3) is 5.91 Å². The molecule has 162 valence electrons. The highest BCUT2D eigenvalue weighted by molar-refractivity contribution is 8.26. The lowest BCUT2D eigenvalue weighted by Gasteiger charge is -2.18. The zero-order valence-corrected chi connectivity index (χ0v) is 18.7. The molecule has 1 atom stereocenters. The Bertz CT molecular complexity index is 1190. The van der Waals surface area contributed by atoms with Crippen molar-refractivity contribution in [3.63, 3.8) is 0 Å². The number of amides is 1. The monoisotopic (exact) mass is 465 g/mol. The van der Waals surface area contributed by atoms with E-state index in [-0.39, 0.29) is 17.8 Å². The van der Waals surface area contributed by atoms with Crippen LogP contribution in [0.1, 0.15) is 18.4 Å². The van der Waals surface area contributed by atoms with Crippen LogP contribution in [-0.4, -0.2) is 44.2 Å². The van der Waals surface area contributed by atoms with Gasteiger partial charge in [-0.1, -0.05) is 42.2 Å². The maximum atomic E-state index is 13.5. The highest BCUT2D eigenvalue weighted by Crippen LogP contribution is 2.35. The van der Waals surface area contributed by atoms with Crippen molar-refractivity contribution < 1.29 is 13.9 Å². The molecule has 0 radical (unpaired) electrons. The summed E-state index contributed by atoms with van der Waals surface area (Å²) in [5, 5.41) is 4.73. The number of carbonyl (C=O) groups is 1. The molecule has 0 unspecified atom stereocenters. The van der Waals surface area contributed by atoms with E-state index >= 15 is 0 Å². The van der Waals surface area contributed by atoms with E-state index in [0.29, 0.717) is 21.5 Å². The highest BCUT2D eigenvalue weighted by atomic mass is 32.2. The Morgan fingerprint density at radius 1 is 1.19 bits per heavy atom. The number of ether oxygens (including phenoxy) is 1. The fourth-order valence-corrected chi connectivity index (χ4v) is 5.09. The third-order valence-corrected chi connectivity index (χ3v) is 6.83. The quantitative estimate of drug-likeness (QED) is 0.389. The Morgan fingerprint density at radius 3 is 2.69 bits per heavy atom. The number of para-hydroxylation sites is 1. The molecule has 0 aliphatic carbocycles. The van der Waals surface area contributed by atoms with Crippen molar-refractivity contribution in [3.05, 3.63) is 77.1 Å². The van der Waals surface area contributed by atoms with E-state index in [0.717, 1.165) is 36.3 Å². The molecule has 2 aliphatic rings. The fraction of sp³-hybridized carbons (Fsp3) is 0.208. The zero-order chi connectivity index (χ0) is 22.1. The van der Waals surface area contributed by atoms with Gasteiger partial charge in [0, 0.05) is 23.9 Å². The van der Waals surface area contributed by atoms with Crippen molar-refractivity contribution in [1.82, 2.24) is 14.7 Å². The molecule has 3 aromatic rings. The van der Waals surface area contributed by atoms with Gasteiger partial charge in [0.05, 0.1) is 28.9 Å². The van der Waals surface area contributed by atoms with Crippen molar-refractivity contribution in [3.8, 4) is 16.9 Å². The Kier molecular flexibility index (Phi) is 5.91. The van der Waals surface area contributed by atoms with Gasteiger partial charge in [-0.3, -0.25) is 9.69 Å². The number of thioether (sulfide) groups is 1. The molecule has 1 amide bonds. The van der Waals surface area contributed by atoms with Gasteiger partial charge in [-0.15, -0.1) is 0 Å². The number of aromatic nitrogens is 2. The van der Waals surface area contributed by atoms with E-state index in [1.807, 2.05) is 42.6 Å². The van der Waals surface area contributed by atoms with Crippen molar-refractivity contribution in [1.29, 1.82) is 0 Å². The maximum Gasteiger partial charge on any atom is 0.266 e. The van der Waals surface area contributed by atoms with E-state index in [9.17, 15) is 9.18 Å². The van der Waals surface area contributed by atoms with Crippen LogP contribution in [0.2, 0.25) is 0 Å². The minimum Gasteiger partial charge on any atom is -0.376 e. The summed E-state index contributed by atoms with van der Waals surface area (Å²) in [6.45, 7) is 1.21. The van der Waals surface area contributed by atoms with Gasteiger partial charge < -0.3 is 4.74 Å². The van der Waals surface area contributed by atoms with Crippen LogP contribution in [-0.2, 0) is 9.53 Å². The van der Waals surface area contributed by atoms with Crippen molar-refractivity contribution in [2.75, 3.05) is 13.2 Å². The second kappa shape index (κ2) is 8.97. The molecular weight excluding hydrogens is 445 g/mol. The fourth-order valence-electron chi connectivity index (χ4n) is 3.83. The normalized spacial score (nSPS) is 20.0. The lowest BCUT2D eigenvalue weighted by molar-refractivity contribution is -0.123. The maximum absolute atomic E-state index is 13.5. The summed E-state index contributed by atoms with van der Waals surface area (Å²) in [7, 11) is 0. The minimum absolute atomic E-state index is 0.0347. The third-order valence-electron chi connectivity index (χ3n) is 5.45. The van der Waals surface area contributed by atoms with Gasteiger partial charge in [-0.25, -0.2) is 9.07 Å². The first-order valence-corrected chi connectivity index (χ1v) is 11.6. The van der Waals surface area contributed by atoms with E-state index in [1.54, 1.807) is 21.7 Å². The Hall–Kier alpha value is -2.81. The molecule has 3 heterocycles. The van der Waals surface area contributed by atoms with Crippen molar-refractivity contribution in [2.45, 2.75) is 18.9 Å². The first-order chi connectivity index (χ1) is 15.6. The van der Waals surface area contributed by atoms with E-state index < -0.39 is 0 Å². The largest absolute Gasteiger partial charge is 0.376 e. The van der Waals surface area contributed by atoms with Crippen LogP contribution in [0.25, 0.3) is 23.0 Å². The molecule has 0 spiro atoms. The van der Waals surface area contributed by atoms with Gasteiger partial charge in [-0.05, 0) is 55.3 Å². The van der Waals surface area contributed by atoms with Crippen LogP contribution >= 0.6 is 24.0 Å². The van der Waals surface area contributed by atoms with Gasteiger partial charge in [0.1, 0.15) is 10.1 Å². The SMILES string of the molecule is O=C1/C(=C/c2cn(-c3ccccc3)nc2-c2ccc(F)cc2)SC(=S)N1C[C@H]1CCCO1. The number of nitrogens with zero attached hydrogens (tertiary/aromatic N) is 3. The number of benzene rings is 2. The molecule has 8 heteroatoms. The van der Waals surface area contributed by atoms with E-state index in [4.69, 9.17) is 22.1 Å². The highest BCUT2D eigenvalue weighted by Gasteiger charge is 2.35. The van der Waals surface area contributed by atoms with Crippen LogP contribution in [0.3, 0.4) is 0 Å². The average Bonchev–Trinajstić information content (AvgIpc) is 3.53. The van der Waals surface area contributed by atoms with Crippen LogP contribution in [0, 0.1) is 5.82 Å². The Labute approximate surface area is 194 Å². The van der Waals surface area contributed by atoms with Gasteiger partial charge >= 0.3 is 0 Å². The number of carbonyl (C=O) groups excluding carboxylic acids is 1. The Balaban J connectivity index is 1.51. The molecule has 2 aliphatic heterocycles. The summed E-state index contributed by atoms with van der Waals surface area (Å²) in [6.07, 6.45) is 5.68. The number of rotatable bonds is 5. The number of hydrogen-bond donors (Lipinski definition) is 0. The topological polar surface area (TPSA) is 47.4 Å². The lowest BCUT2D eigenvalue weighted by Crippen LogP contribution is -2.35. The first-order valence-electron chi connectivity index (χ1n) is 10.4. The molecule has 0 N–H and O–H groups in total. The molecule has 2 saturated heterocycles. The lowest BCUT2D eigenvalue weighted by atomic mass is 10.1. The summed E-state index contributed by atoms with van der Waals surface area (Å²) in [6, 6.07) is 15.9. The van der Waals surface area contributed by atoms with Gasteiger partial charge in [-0.2, -0.15) is 5.10 Å². The van der Waals surface area contributed by atoms with Crippen LogP contribution in [0.15, 0.2) is 65.7 Å². The summed E-state index contributed by atoms with van der Waals surface area (Å²) in [4.78, 5) is 15.3. The molecule has 2 aromatic carbocycles. The molecule has 5 nitrogen and oxygen atoms in total. The molecular formula is C24H20FN3O2S2. The van der Waals surface area contributed by atoms with E-state index in [2.05, 4.69) is 0 Å². The van der Waals surface area contributed by atoms with Gasteiger partial charge in [0.15, 0.2) is 0 Å². The molecule has 0 saturated carbocycles. The second-order valence-corrected chi connectivity index (χ2v) is 9.32. The number of hydrogen-bond acceptors (Lipinski definition) is 5. The molecule has 2 fully saturated rings. The van der Waals surface area contributed by atoms with Crippen LogP contribution in [0.4, 0.5) is 4.39 Å². The zero-order valence-electron chi connectivity index (χ0n) is 17.1. The molecule has 1 aromatic heterocycles. The summed E-state index contributed by atoms with van der Waals surface area (Å²) >= 11 is 6.76.